The molecule has 0 heterocycles. The number of aromatic hydroxyl groups is 3. The van der Waals surface area contributed by atoms with Crippen LogP contribution in [0.1, 0.15) is 36.5 Å². The second kappa shape index (κ2) is 7.31. The van der Waals surface area contributed by atoms with Crippen LogP contribution in [0.15, 0.2) is 24.3 Å². The summed E-state index contributed by atoms with van der Waals surface area (Å²) in [6.07, 6.45) is 6.81. The molecule has 19 heavy (non-hydrogen) atoms. The SMILES string of the molecule is CCCCC=CCOC(=O)c1cc(O)c(O)c(O)c1. The van der Waals surface area contributed by atoms with Gasteiger partial charge in [-0.15, -0.1) is 0 Å². The molecule has 5 heteroatoms. The number of esters is 1. The third-order valence-corrected chi connectivity index (χ3v) is 2.51. The third-order valence-electron chi connectivity index (χ3n) is 2.51. The van der Waals surface area contributed by atoms with Crippen LogP contribution in [0.5, 0.6) is 17.2 Å². The molecule has 0 saturated carbocycles. The Balaban J connectivity index is 2.52. The van der Waals surface area contributed by atoms with E-state index in [4.69, 9.17) is 9.84 Å². The smallest absolute Gasteiger partial charge is 0.338 e. The molecule has 0 fully saturated rings. The molecular weight excluding hydrogens is 248 g/mol. The van der Waals surface area contributed by atoms with E-state index in [1.165, 1.54) is 0 Å². The van der Waals surface area contributed by atoms with Crippen LogP contribution >= 0.6 is 0 Å². The Bertz CT molecular complexity index is 442. The molecule has 1 aromatic rings. The molecule has 3 N–H and O–H groups in total. The molecule has 0 aliphatic heterocycles. The molecule has 0 radical (unpaired) electrons. The van der Waals surface area contributed by atoms with Crippen LogP contribution in [-0.2, 0) is 4.74 Å². The summed E-state index contributed by atoms with van der Waals surface area (Å²) in [6, 6.07) is 2.08. The first-order valence-electron chi connectivity index (χ1n) is 6.13. The van der Waals surface area contributed by atoms with Crippen LogP contribution in [0.4, 0.5) is 0 Å². The first-order chi connectivity index (χ1) is 9.06. The van der Waals surface area contributed by atoms with Crippen LogP contribution in [0.2, 0.25) is 0 Å². The second-order valence-electron chi connectivity index (χ2n) is 4.08. The van der Waals surface area contributed by atoms with E-state index in [-0.39, 0.29) is 12.2 Å². The predicted molar refractivity (Wildman–Crippen MR) is 70.4 cm³/mol. The number of phenols is 3. The van der Waals surface area contributed by atoms with E-state index in [2.05, 4.69) is 6.92 Å². The van der Waals surface area contributed by atoms with Crippen molar-refractivity contribution in [1.29, 1.82) is 0 Å². The standard InChI is InChI=1S/C14H18O5/c1-2-3-4-5-6-7-19-14(18)10-8-11(15)13(17)12(16)9-10/h5-6,8-9,15-17H,2-4,7H2,1H3. The number of phenolic OH excluding ortho intramolecular Hbond substituents is 3. The minimum absolute atomic E-state index is 0.0187. The summed E-state index contributed by atoms with van der Waals surface area (Å²) in [7, 11) is 0. The Hall–Kier alpha value is -2.17. The minimum Gasteiger partial charge on any atom is -0.504 e. The quantitative estimate of drug-likeness (QED) is 0.319. The maximum Gasteiger partial charge on any atom is 0.338 e. The van der Waals surface area contributed by atoms with Gasteiger partial charge in [-0.2, -0.15) is 0 Å². The predicted octanol–water partition coefficient (Wildman–Crippen LogP) is 2.71. The van der Waals surface area contributed by atoms with Gasteiger partial charge in [0.2, 0.25) is 0 Å². The largest absolute Gasteiger partial charge is 0.504 e. The van der Waals surface area contributed by atoms with Crippen molar-refractivity contribution >= 4 is 5.97 Å². The first kappa shape index (κ1) is 14.9. The number of allylic oxidation sites excluding steroid dienone is 1. The molecule has 0 saturated heterocycles. The van der Waals surface area contributed by atoms with E-state index in [9.17, 15) is 15.0 Å². The summed E-state index contributed by atoms with van der Waals surface area (Å²) in [4.78, 5) is 11.6. The lowest BCUT2D eigenvalue weighted by Gasteiger charge is -2.05. The highest BCUT2D eigenvalue weighted by Gasteiger charge is 2.13. The molecule has 1 aromatic carbocycles. The van der Waals surface area contributed by atoms with Crippen molar-refractivity contribution in [2.75, 3.05) is 6.61 Å². The topological polar surface area (TPSA) is 87.0 Å². The summed E-state index contributed by atoms with van der Waals surface area (Å²) in [5.74, 6) is -2.46. The molecule has 0 aromatic heterocycles. The molecular formula is C14H18O5. The number of rotatable bonds is 6. The molecule has 0 amide bonds. The van der Waals surface area contributed by atoms with Gasteiger partial charge in [-0.05, 0) is 18.6 Å². The zero-order valence-corrected chi connectivity index (χ0v) is 10.8. The molecule has 0 aliphatic carbocycles. The molecule has 104 valence electrons. The van der Waals surface area contributed by atoms with Crippen LogP contribution < -0.4 is 0 Å². The summed E-state index contributed by atoms with van der Waals surface area (Å²) >= 11 is 0. The van der Waals surface area contributed by atoms with Gasteiger partial charge >= 0.3 is 5.97 Å². The number of carbonyl (C=O) groups is 1. The first-order valence-corrected chi connectivity index (χ1v) is 6.13. The Labute approximate surface area is 111 Å². The zero-order valence-electron chi connectivity index (χ0n) is 10.8. The Kier molecular flexibility index (Phi) is 5.73. The molecule has 0 atom stereocenters. The van der Waals surface area contributed by atoms with Gasteiger partial charge in [-0.25, -0.2) is 4.79 Å². The molecule has 5 nitrogen and oxygen atoms in total. The number of hydrogen-bond acceptors (Lipinski definition) is 5. The second-order valence-corrected chi connectivity index (χ2v) is 4.08. The normalized spacial score (nSPS) is 10.8. The van der Waals surface area contributed by atoms with Crippen LogP contribution in [0.3, 0.4) is 0 Å². The van der Waals surface area contributed by atoms with Gasteiger partial charge in [-0.3, -0.25) is 0 Å². The highest BCUT2D eigenvalue weighted by Crippen LogP contribution is 2.35. The molecule has 0 bridgehead atoms. The van der Waals surface area contributed by atoms with E-state index in [1.807, 2.05) is 6.08 Å². The molecule has 0 spiro atoms. The third kappa shape index (κ3) is 4.54. The van der Waals surface area contributed by atoms with Crippen molar-refractivity contribution in [3.63, 3.8) is 0 Å². The lowest BCUT2D eigenvalue weighted by atomic mass is 10.2. The van der Waals surface area contributed by atoms with Gasteiger partial charge in [0.25, 0.3) is 0 Å². The van der Waals surface area contributed by atoms with E-state index in [1.54, 1.807) is 6.08 Å². The van der Waals surface area contributed by atoms with Gasteiger partial charge in [-0.1, -0.05) is 31.9 Å². The Morgan fingerprint density at radius 3 is 2.42 bits per heavy atom. The zero-order chi connectivity index (χ0) is 14.3. The van der Waals surface area contributed by atoms with E-state index in [0.29, 0.717) is 0 Å². The van der Waals surface area contributed by atoms with Gasteiger partial charge in [0.15, 0.2) is 17.2 Å². The summed E-state index contributed by atoms with van der Waals surface area (Å²) < 4.78 is 4.93. The minimum atomic E-state index is -0.675. The summed E-state index contributed by atoms with van der Waals surface area (Å²) in [5.41, 5.74) is -0.0187. The summed E-state index contributed by atoms with van der Waals surface area (Å²) in [6.45, 7) is 2.22. The number of hydrogen-bond donors (Lipinski definition) is 3. The summed E-state index contributed by atoms with van der Waals surface area (Å²) in [5, 5.41) is 27.7. The van der Waals surface area contributed by atoms with Crippen LogP contribution in [0, 0.1) is 0 Å². The molecule has 0 aliphatic rings. The average molecular weight is 266 g/mol. The fraction of sp³-hybridized carbons (Fsp3) is 0.357. The monoisotopic (exact) mass is 266 g/mol. The van der Waals surface area contributed by atoms with Crippen molar-refractivity contribution in [1.82, 2.24) is 0 Å². The van der Waals surface area contributed by atoms with Gasteiger partial charge in [0, 0.05) is 0 Å². The van der Waals surface area contributed by atoms with E-state index < -0.39 is 23.2 Å². The highest BCUT2D eigenvalue weighted by atomic mass is 16.5. The number of carbonyl (C=O) groups excluding carboxylic acids is 1. The van der Waals surface area contributed by atoms with Crippen LogP contribution in [-0.4, -0.2) is 27.9 Å². The number of ether oxygens (including phenoxy) is 1. The van der Waals surface area contributed by atoms with Crippen molar-refractivity contribution in [2.45, 2.75) is 26.2 Å². The Morgan fingerprint density at radius 2 is 1.84 bits per heavy atom. The average Bonchev–Trinajstić information content (AvgIpc) is 2.39. The van der Waals surface area contributed by atoms with E-state index in [0.717, 1.165) is 31.4 Å². The lowest BCUT2D eigenvalue weighted by Crippen LogP contribution is -2.04. The maximum atomic E-state index is 11.6. The highest BCUT2D eigenvalue weighted by molar-refractivity contribution is 5.91. The van der Waals surface area contributed by atoms with Crippen molar-refractivity contribution in [3.05, 3.63) is 29.8 Å². The van der Waals surface area contributed by atoms with Crippen LogP contribution in [0.25, 0.3) is 0 Å². The van der Waals surface area contributed by atoms with Crippen molar-refractivity contribution in [2.24, 2.45) is 0 Å². The fourth-order valence-electron chi connectivity index (χ4n) is 1.44. The van der Waals surface area contributed by atoms with Crippen molar-refractivity contribution < 1.29 is 24.9 Å². The molecule has 0 unspecified atom stereocenters. The number of unbranched alkanes of at least 4 members (excludes halogenated alkanes) is 2. The Morgan fingerprint density at radius 1 is 1.21 bits per heavy atom. The molecule has 1 rings (SSSR count). The fourth-order valence-corrected chi connectivity index (χ4v) is 1.44. The van der Waals surface area contributed by atoms with Crippen molar-refractivity contribution in [3.8, 4) is 17.2 Å². The lowest BCUT2D eigenvalue weighted by molar-refractivity contribution is 0.0548. The maximum absolute atomic E-state index is 11.6. The van der Waals surface area contributed by atoms with Gasteiger partial charge in [0.1, 0.15) is 6.61 Å². The van der Waals surface area contributed by atoms with E-state index >= 15 is 0 Å². The van der Waals surface area contributed by atoms with Gasteiger partial charge in [0.05, 0.1) is 5.56 Å². The van der Waals surface area contributed by atoms with Gasteiger partial charge < -0.3 is 20.1 Å². The number of benzene rings is 1.